The molecular formula is C18H18N2O2. The van der Waals surface area contributed by atoms with Crippen LogP contribution in [0.15, 0.2) is 61.0 Å². The standard InChI is InChI=1S/C18H18N2O2/c1-22-18(21)16-9-7-14(8-10-16)13-20-12-11-19-17(20)15-5-3-2-4-6-15/h2-5,7-12,15H,6,13H2,1H3. The fourth-order valence-corrected chi connectivity index (χ4v) is 2.62. The highest BCUT2D eigenvalue weighted by atomic mass is 16.5. The van der Waals surface area contributed by atoms with Crippen molar-refractivity contribution in [1.82, 2.24) is 9.55 Å². The van der Waals surface area contributed by atoms with Crippen molar-refractivity contribution in [3.8, 4) is 0 Å². The van der Waals surface area contributed by atoms with Crippen LogP contribution in [0.3, 0.4) is 0 Å². The van der Waals surface area contributed by atoms with Crippen molar-refractivity contribution in [2.24, 2.45) is 0 Å². The zero-order valence-corrected chi connectivity index (χ0v) is 12.5. The summed E-state index contributed by atoms with van der Waals surface area (Å²) in [5.74, 6) is 1.08. The summed E-state index contributed by atoms with van der Waals surface area (Å²) >= 11 is 0. The molecule has 1 aliphatic rings. The molecule has 0 spiro atoms. The Bertz CT molecular complexity index is 711. The molecule has 1 unspecified atom stereocenters. The quantitative estimate of drug-likeness (QED) is 0.813. The van der Waals surface area contributed by atoms with Crippen LogP contribution in [0.25, 0.3) is 0 Å². The van der Waals surface area contributed by atoms with Gasteiger partial charge < -0.3 is 9.30 Å². The molecular weight excluding hydrogens is 276 g/mol. The summed E-state index contributed by atoms with van der Waals surface area (Å²) in [4.78, 5) is 15.9. The zero-order chi connectivity index (χ0) is 15.4. The van der Waals surface area contributed by atoms with Gasteiger partial charge in [-0.3, -0.25) is 0 Å². The minimum atomic E-state index is -0.311. The van der Waals surface area contributed by atoms with Gasteiger partial charge in [0.1, 0.15) is 5.82 Å². The van der Waals surface area contributed by atoms with Gasteiger partial charge in [0.25, 0.3) is 0 Å². The third kappa shape index (κ3) is 3.01. The number of rotatable bonds is 4. The normalized spacial score (nSPS) is 16.7. The molecule has 0 N–H and O–H groups in total. The molecule has 0 amide bonds. The summed E-state index contributed by atoms with van der Waals surface area (Å²) in [7, 11) is 1.39. The molecule has 0 fully saturated rings. The number of hydrogen-bond donors (Lipinski definition) is 0. The van der Waals surface area contributed by atoms with Gasteiger partial charge in [0.2, 0.25) is 0 Å². The van der Waals surface area contributed by atoms with Crippen molar-refractivity contribution < 1.29 is 9.53 Å². The molecule has 0 radical (unpaired) electrons. The molecule has 0 bridgehead atoms. The maximum absolute atomic E-state index is 11.5. The highest BCUT2D eigenvalue weighted by molar-refractivity contribution is 5.89. The summed E-state index contributed by atoms with van der Waals surface area (Å²) < 4.78 is 6.87. The largest absolute Gasteiger partial charge is 0.465 e. The molecule has 1 heterocycles. The second-order valence-electron chi connectivity index (χ2n) is 5.26. The second kappa shape index (κ2) is 6.43. The lowest BCUT2D eigenvalue weighted by Gasteiger charge is -2.15. The molecule has 1 aliphatic carbocycles. The number of methoxy groups -OCH3 is 1. The summed E-state index contributed by atoms with van der Waals surface area (Å²) in [6.07, 6.45) is 13.3. The monoisotopic (exact) mass is 294 g/mol. The Kier molecular flexibility index (Phi) is 4.19. The molecule has 0 saturated carbocycles. The molecule has 1 aromatic heterocycles. The number of carbonyl (C=O) groups excluding carboxylic acids is 1. The van der Waals surface area contributed by atoms with Crippen LogP contribution in [0.5, 0.6) is 0 Å². The van der Waals surface area contributed by atoms with E-state index in [2.05, 4.69) is 33.9 Å². The number of ether oxygens (including phenoxy) is 1. The van der Waals surface area contributed by atoms with Crippen LogP contribution in [0.4, 0.5) is 0 Å². The lowest BCUT2D eigenvalue weighted by Crippen LogP contribution is -2.09. The molecule has 0 saturated heterocycles. The number of imidazole rings is 1. The van der Waals surface area contributed by atoms with Gasteiger partial charge in [0.05, 0.1) is 12.7 Å². The number of allylic oxidation sites excluding steroid dienone is 4. The van der Waals surface area contributed by atoms with Crippen molar-refractivity contribution in [1.29, 1.82) is 0 Å². The Morgan fingerprint density at radius 3 is 2.82 bits per heavy atom. The highest BCUT2D eigenvalue weighted by Crippen LogP contribution is 2.23. The van der Waals surface area contributed by atoms with Gasteiger partial charge in [0, 0.05) is 24.9 Å². The third-order valence-electron chi connectivity index (χ3n) is 3.79. The van der Waals surface area contributed by atoms with Crippen LogP contribution in [0.1, 0.15) is 34.1 Å². The first-order valence-electron chi connectivity index (χ1n) is 7.29. The van der Waals surface area contributed by atoms with Crippen molar-refractivity contribution in [3.63, 3.8) is 0 Å². The molecule has 4 nitrogen and oxygen atoms in total. The van der Waals surface area contributed by atoms with Gasteiger partial charge in [-0.05, 0) is 24.1 Å². The van der Waals surface area contributed by atoms with Crippen molar-refractivity contribution in [2.75, 3.05) is 7.11 Å². The van der Waals surface area contributed by atoms with E-state index in [0.717, 1.165) is 24.4 Å². The van der Waals surface area contributed by atoms with Crippen LogP contribution >= 0.6 is 0 Å². The molecule has 1 atom stereocenters. The van der Waals surface area contributed by atoms with Crippen molar-refractivity contribution in [2.45, 2.75) is 18.9 Å². The summed E-state index contributed by atoms with van der Waals surface area (Å²) in [5, 5.41) is 0. The van der Waals surface area contributed by atoms with Crippen molar-refractivity contribution in [3.05, 3.63) is 77.9 Å². The van der Waals surface area contributed by atoms with E-state index in [9.17, 15) is 4.79 Å². The second-order valence-corrected chi connectivity index (χ2v) is 5.26. The lowest BCUT2D eigenvalue weighted by atomic mass is 10.00. The smallest absolute Gasteiger partial charge is 0.337 e. The molecule has 2 aromatic rings. The predicted octanol–water partition coefficient (Wildman–Crippen LogP) is 3.32. The first kappa shape index (κ1) is 14.3. The topological polar surface area (TPSA) is 44.1 Å². The predicted molar refractivity (Wildman–Crippen MR) is 84.7 cm³/mol. The molecule has 22 heavy (non-hydrogen) atoms. The molecule has 3 rings (SSSR count). The first-order valence-corrected chi connectivity index (χ1v) is 7.29. The van der Waals surface area contributed by atoms with Crippen LogP contribution in [-0.4, -0.2) is 22.6 Å². The molecule has 112 valence electrons. The number of esters is 1. The average Bonchev–Trinajstić information content (AvgIpc) is 3.04. The number of aromatic nitrogens is 2. The number of nitrogens with zero attached hydrogens (tertiary/aromatic N) is 2. The maximum atomic E-state index is 11.5. The number of carbonyl (C=O) groups is 1. The number of benzene rings is 1. The van der Waals surface area contributed by atoms with Gasteiger partial charge in [0.15, 0.2) is 0 Å². The van der Waals surface area contributed by atoms with Crippen LogP contribution < -0.4 is 0 Å². The van der Waals surface area contributed by atoms with E-state index in [1.165, 1.54) is 7.11 Å². The molecule has 4 heteroatoms. The van der Waals surface area contributed by atoms with E-state index in [1.807, 2.05) is 24.5 Å². The van der Waals surface area contributed by atoms with E-state index >= 15 is 0 Å². The van der Waals surface area contributed by atoms with Crippen LogP contribution in [0, 0.1) is 0 Å². The average molecular weight is 294 g/mol. The van der Waals surface area contributed by atoms with Crippen LogP contribution in [-0.2, 0) is 11.3 Å². The van der Waals surface area contributed by atoms with Gasteiger partial charge in [-0.1, -0.05) is 36.4 Å². The fraction of sp³-hybridized carbons (Fsp3) is 0.222. The zero-order valence-electron chi connectivity index (χ0n) is 12.5. The van der Waals surface area contributed by atoms with Crippen molar-refractivity contribution >= 4 is 5.97 Å². The minimum absolute atomic E-state index is 0.311. The summed E-state index contributed by atoms with van der Waals surface area (Å²) in [5.41, 5.74) is 1.69. The van der Waals surface area contributed by atoms with E-state index in [-0.39, 0.29) is 5.97 Å². The highest BCUT2D eigenvalue weighted by Gasteiger charge is 2.14. The van der Waals surface area contributed by atoms with E-state index < -0.39 is 0 Å². The molecule has 1 aromatic carbocycles. The fourth-order valence-electron chi connectivity index (χ4n) is 2.62. The minimum Gasteiger partial charge on any atom is -0.465 e. The Morgan fingerprint density at radius 1 is 1.32 bits per heavy atom. The Hall–Kier alpha value is -2.62. The Labute approximate surface area is 129 Å². The van der Waals surface area contributed by atoms with Gasteiger partial charge in [-0.15, -0.1) is 0 Å². The summed E-state index contributed by atoms with van der Waals surface area (Å²) in [6.45, 7) is 0.741. The van der Waals surface area contributed by atoms with E-state index in [1.54, 1.807) is 12.1 Å². The number of hydrogen-bond acceptors (Lipinski definition) is 3. The Balaban J connectivity index is 1.76. The van der Waals surface area contributed by atoms with Crippen LogP contribution in [0.2, 0.25) is 0 Å². The van der Waals surface area contributed by atoms with Gasteiger partial charge >= 0.3 is 5.97 Å². The van der Waals surface area contributed by atoms with E-state index in [4.69, 9.17) is 4.74 Å². The maximum Gasteiger partial charge on any atom is 0.337 e. The van der Waals surface area contributed by atoms with Gasteiger partial charge in [-0.2, -0.15) is 0 Å². The Morgan fingerprint density at radius 2 is 2.14 bits per heavy atom. The lowest BCUT2D eigenvalue weighted by molar-refractivity contribution is 0.0600. The first-order chi connectivity index (χ1) is 10.8. The molecule has 0 aliphatic heterocycles. The van der Waals surface area contributed by atoms with Gasteiger partial charge in [-0.25, -0.2) is 9.78 Å². The van der Waals surface area contributed by atoms with E-state index in [0.29, 0.717) is 11.5 Å². The third-order valence-corrected chi connectivity index (χ3v) is 3.79. The summed E-state index contributed by atoms with van der Waals surface area (Å²) in [6, 6.07) is 7.49. The SMILES string of the molecule is COC(=O)c1ccc(Cn2ccnc2C2C=CC=CC2)cc1.